The first kappa shape index (κ1) is 16.1. The third-order valence-corrected chi connectivity index (χ3v) is 2.87. The standard InChI is InChI=1S/C13H14F3N3O3/c1-7(20)5-17-10-3-2-8(4-9(10)13(14,15)16)11-6-22-12(21)19-18-11/h2-4,7,17,20H,5-6H2,1H3,(H,19,21)/t7-/m0/s1. The summed E-state index contributed by atoms with van der Waals surface area (Å²) in [6.45, 7) is 1.25. The molecule has 1 aliphatic heterocycles. The molecule has 0 spiro atoms. The Labute approximate surface area is 124 Å². The number of nitrogens with zero attached hydrogens (tertiary/aromatic N) is 1. The normalized spacial score (nSPS) is 16.4. The molecule has 1 aromatic carbocycles. The molecule has 1 heterocycles. The number of amides is 1. The molecule has 0 saturated carbocycles. The molecule has 0 unspecified atom stereocenters. The lowest BCUT2D eigenvalue weighted by Gasteiger charge is -2.18. The average Bonchev–Trinajstić information content (AvgIpc) is 2.45. The summed E-state index contributed by atoms with van der Waals surface area (Å²) in [4.78, 5) is 10.8. The number of rotatable bonds is 4. The minimum atomic E-state index is -4.57. The zero-order chi connectivity index (χ0) is 16.3. The Morgan fingerprint density at radius 3 is 2.77 bits per heavy atom. The van der Waals surface area contributed by atoms with E-state index >= 15 is 0 Å². The molecule has 0 saturated heterocycles. The van der Waals surface area contributed by atoms with Gasteiger partial charge in [0.15, 0.2) is 0 Å². The van der Waals surface area contributed by atoms with Crippen LogP contribution in [0.2, 0.25) is 0 Å². The Kier molecular flexibility index (Phi) is 4.55. The van der Waals surface area contributed by atoms with Crippen LogP contribution in [0.15, 0.2) is 23.3 Å². The molecule has 22 heavy (non-hydrogen) atoms. The van der Waals surface area contributed by atoms with Gasteiger partial charge in [0, 0.05) is 17.8 Å². The van der Waals surface area contributed by atoms with Crippen LogP contribution in [0.4, 0.5) is 23.7 Å². The average molecular weight is 317 g/mol. The number of hydrazone groups is 1. The fraction of sp³-hybridized carbons (Fsp3) is 0.385. The molecule has 1 amide bonds. The molecule has 0 aliphatic carbocycles. The molecule has 0 aromatic heterocycles. The summed E-state index contributed by atoms with van der Waals surface area (Å²) in [5, 5.41) is 15.4. The molecular weight excluding hydrogens is 303 g/mol. The number of alkyl halides is 3. The summed E-state index contributed by atoms with van der Waals surface area (Å²) >= 11 is 0. The number of anilines is 1. The molecule has 0 radical (unpaired) electrons. The highest BCUT2D eigenvalue weighted by molar-refractivity contribution is 6.04. The molecule has 0 fully saturated rings. The lowest BCUT2D eigenvalue weighted by Crippen LogP contribution is -2.31. The van der Waals surface area contributed by atoms with Crippen molar-refractivity contribution in [2.45, 2.75) is 19.2 Å². The molecule has 3 N–H and O–H groups in total. The molecule has 1 aliphatic rings. The van der Waals surface area contributed by atoms with Crippen LogP contribution in [0.1, 0.15) is 18.1 Å². The Morgan fingerprint density at radius 2 is 2.23 bits per heavy atom. The summed E-state index contributed by atoms with van der Waals surface area (Å²) in [6, 6.07) is 3.60. The molecule has 1 atom stereocenters. The van der Waals surface area contributed by atoms with Crippen molar-refractivity contribution in [3.63, 3.8) is 0 Å². The van der Waals surface area contributed by atoms with E-state index in [1.54, 1.807) is 0 Å². The minimum absolute atomic E-state index is 0.0114. The van der Waals surface area contributed by atoms with Crippen LogP contribution in [0, 0.1) is 0 Å². The van der Waals surface area contributed by atoms with E-state index in [1.807, 2.05) is 5.43 Å². The third-order valence-electron chi connectivity index (χ3n) is 2.87. The van der Waals surface area contributed by atoms with E-state index in [-0.39, 0.29) is 30.1 Å². The van der Waals surface area contributed by atoms with E-state index in [2.05, 4.69) is 15.2 Å². The molecule has 0 bridgehead atoms. The quantitative estimate of drug-likeness (QED) is 0.792. The number of carbonyl (C=O) groups is 1. The number of hydrogen-bond donors (Lipinski definition) is 3. The maximum Gasteiger partial charge on any atom is 0.428 e. The number of hydrogen-bond acceptors (Lipinski definition) is 5. The number of carbonyl (C=O) groups excluding carboxylic acids is 1. The Bertz CT molecular complexity index is 600. The van der Waals surface area contributed by atoms with Gasteiger partial charge < -0.3 is 15.2 Å². The Balaban J connectivity index is 2.33. The smallest absolute Gasteiger partial charge is 0.428 e. The van der Waals surface area contributed by atoms with Crippen molar-refractivity contribution in [2.24, 2.45) is 5.10 Å². The first-order valence-corrected chi connectivity index (χ1v) is 6.40. The van der Waals surface area contributed by atoms with E-state index in [1.165, 1.54) is 19.1 Å². The zero-order valence-corrected chi connectivity index (χ0v) is 11.6. The number of benzene rings is 1. The van der Waals surface area contributed by atoms with Gasteiger partial charge in [0.1, 0.15) is 12.3 Å². The lowest BCUT2D eigenvalue weighted by atomic mass is 10.0. The van der Waals surface area contributed by atoms with Crippen LogP contribution in [0.3, 0.4) is 0 Å². The summed E-state index contributed by atoms with van der Waals surface area (Å²) in [6.07, 6.45) is -6.11. The van der Waals surface area contributed by atoms with E-state index in [9.17, 15) is 23.1 Å². The summed E-state index contributed by atoms with van der Waals surface area (Å²) in [7, 11) is 0. The number of ether oxygens (including phenoxy) is 1. The van der Waals surface area contributed by atoms with Crippen LogP contribution in [-0.4, -0.2) is 36.2 Å². The number of aliphatic hydroxyl groups excluding tert-OH is 1. The van der Waals surface area contributed by atoms with Gasteiger partial charge in [0.05, 0.1) is 11.7 Å². The number of aliphatic hydroxyl groups is 1. The Morgan fingerprint density at radius 1 is 1.50 bits per heavy atom. The highest BCUT2D eigenvalue weighted by Gasteiger charge is 2.34. The van der Waals surface area contributed by atoms with Gasteiger partial charge >= 0.3 is 12.3 Å². The molecule has 6 nitrogen and oxygen atoms in total. The van der Waals surface area contributed by atoms with Crippen molar-refractivity contribution in [1.29, 1.82) is 0 Å². The van der Waals surface area contributed by atoms with Gasteiger partial charge in [-0.3, -0.25) is 0 Å². The number of nitrogens with one attached hydrogen (secondary N) is 2. The number of cyclic esters (lactones) is 1. The second-order valence-corrected chi connectivity index (χ2v) is 4.73. The maximum atomic E-state index is 13.1. The third kappa shape index (κ3) is 3.88. The van der Waals surface area contributed by atoms with E-state index in [0.717, 1.165) is 6.07 Å². The molecule has 1 aromatic rings. The zero-order valence-electron chi connectivity index (χ0n) is 11.6. The van der Waals surface area contributed by atoms with Crippen LogP contribution in [-0.2, 0) is 10.9 Å². The molecular formula is C13H14F3N3O3. The second kappa shape index (κ2) is 6.22. The second-order valence-electron chi connectivity index (χ2n) is 4.73. The van der Waals surface area contributed by atoms with Crippen molar-refractivity contribution in [2.75, 3.05) is 18.5 Å². The van der Waals surface area contributed by atoms with Gasteiger partial charge in [-0.2, -0.15) is 18.3 Å². The van der Waals surface area contributed by atoms with Crippen molar-refractivity contribution in [3.8, 4) is 0 Å². The molecule has 9 heteroatoms. The molecule has 120 valence electrons. The van der Waals surface area contributed by atoms with Gasteiger partial charge in [-0.05, 0) is 19.1 Å². The van der Waals surface area contributed by atoms with Crippen molar-refractivity contribution in [1.82, 2.24) is 5.43 Å². The first-order valence-electron chi connectivity index (χ1n) is 6.40. The summed E-state index contributed by atoms with van der Waals surface area (Å²) < 4.78 is 44.1. The summed E-state index contributed by atoms with van der Waals surface area (Å²) in [5.74, 6) is 0. The van der Waals surface area contributed by atoms with Gasteiger partial charge in [-0.25, -0.2) is 10.2 Å². The van der Waals surface area contributed by atoms with E-state index in [0.29, 0.717) is 0 Å². The van der Waals surface area contributed by atoms with Gasteiger partial charge in [-0.15, -0.1) is 0 Å². The fourth-order valence-corrected chi connectivity index (χ4v) is 1.83. The number of halogens is 3. The molecule has 2 rings (SSSR count). The van der Waals surface area contributed by atoms with Crippen molar-refractivity contribution < 1.29 is 27.8 Å². The fourth-order valence-electron chi connectivity index (χ4n) is 1.83. The SMILES string of the molecule is C[C@H](O)CNc1ccc(C2=NNC(=O)OC2)cc1C(F)(F)F. The topological polar surface area (TPSA) is 83.0 Å². The largest absolute Gasteiger partial charge is 0.442 e. The monoisotopic (exact) mass is 317 g/mol. The van der Waals surface area contributed by atoms with Gasteiger partial charge in [0.25, 0.3) is 0 Å². The van der Waals surface area contributed by atoms with Crippen molar-refractivity contribution >= 4 is 17.5 Å². The lowest BCUT2D eigenvalue weighted by molar-refractivity contribution is -0.137. The van der Waals surface area contributed by atoms with E-state index < -0.39 is 23.9 Å². The maximum absolute atomic E-state index is 13.1. The van der Waals surface area contributed by atoms with Crippen LogP contribution in [0.5, 0.6) is 0 Å². The van der Waals surface area contributed by atoms with Crippen molar-refractivity contribution in [3.05, 3.63) is 29.3 Å². The van der Waals surface area contributed by atoms with Gasteiger partial charge in [-0.1, -0.05) is 6.07 Å². The minimum Gasteiger partial charge on any atom is -0.442 e. The highest BCUT2D eigenvalue weighted by atomic mass is 19.4. The van der Waals surface area contributed by atoms with Crippen LogP contribution >= 0.6 is 0 Å². The Hall–Kier alpha value is -2.29. The first-order chi connectivity index (χ1) is 10.3. The van der Waals surface area contributed by atoms with Crippen LogP contribution < -0.4 is 10.7 Å². The summed E-state index contributed by atoms with van der Waals surface area (Å²) in [5.41, 5.74) is 1.39. The highest BCUT2D eigenvalue weighted by Crippen LogP contribution is 2.35. The van der Waals surface area contributed by atoms with E-state index in [4.69, 9.17) is 0 Å². The van der Waals surface area contributed by atoms with Crippen LogP contribution in [0.25, 0.3) is 0 Å². The van der Waals surface area contributed by atoms with Gasteiger partial charge in [0.2, 0.25) is 0 Å². The predicted molar refractivity (Wildman–Crippen MR) is 72.6 cm³/mol. The predicted octanol–water partition coefficient (Wildman–Crippen LogP) is 1.94.